The van der Waals surface area contributed by atoms with Crippen molar-refractivity contribution < 1.29 is 13.9 Å². The van der Waals surface area contributed by atoms with E-state index in [1.165, 1.54) is 0 Å². The average Bonchev–Trinajstić information content (AvgIpc) is 0.722. The molecule has 0 aromatic carbocycles. The molecule has 0 rings (SSSR count). The van der Waals surface area contributed by atoms with E-state index in [1.54, 1.807) is 0 Å². The van der Waals surface area contributed by atoms with Crippen LogP contribution >= 0.6 is 35.6 Å². The Morgan fingerprint density at radius 1 is 0.833 bits per heavy atom. The molecule has 5 heteroatoms. The molecule has 0 N–H and O–H groups in total. The van der Waals surface area contributed by atoms with Crippen LogP contribution in [0, 0.1) is 0 Å². The molecule has 0 nitrogen and oxygen atoms in total. The van der Waals surface area contributed by atoms with E-state index < -0.39 is 13.9 Å². The number of hydrogen-bond acceptors (Lipinski definition) is 0. The van der Waals surface area contributed by atoms with Crippen LogP contribution in [-0.2, 0) is 0 Å². The third-order valence-electron chi connectivity index (χ3n) is 0. The normalized spacial score (nSPS) is 12.7. The quantitative estimate of drug-likeness (QED) is 0.565. The van der Waals surface area contributed by atoms with E-state index in [2.05, 4.69) is 0 Å². The molecule has 44 valence electrons. The Balaban J connectivity index is 0. The van der Waals surface area contributed by atoms with Crippen LogP contribution in [0.3, 0.4) is 0 Å². The van der Waals surface area contributed by atoms with E-state index >= 15 is 0 Å². The van der Waals surface area contributed by atoms with Crippen molar-refractivity contribution in [2.45, 2.75) is 7.43 Å². The van der Waals surface area contributed by atoms with Crippen molar-refractivity contribution >= 4 is 35.6 Å². The molecular weight excluding hydrogens is 281 g/mol. The Labute approximate surface area is 56.4 Å². The molecule has 0 heterocycles. The van der Waals surface area contributed by atoms with Crippen LogP contribution in [-0.4, -0.2) is 0 Å². The zero-order valence-corrected chi connectivity index (χ0v) is 7.07. The number of hydrogen-bond donors (Lipinski definition) is 0. The van der Waals surface area contributed by atoms with Crippen LogP contribution < -0.4 is 13.9 Å². The molecule has 0 aliphatic carbocycles. The number of halogens is 5. The fourth-order valence-corrected chi connectivity index (χ4v) is 0. The summed E-state index contributed by atoms with van der Waals surface area (Å²) in [6.07, 6.45) is 0. The maximum atomic E-state index is 5.01. The van der Waals surface area contributed by atoms with Crippen molar-refractivity contribution in [2.75, 3.05) is 0 Å². The van der Waals surface area contributed by atoms with Gasteiger partial charge in [0.25, 0.3) is 0 Å². The molecule has 0 atom stereocenters. The first-order valence-electron chi connectivity index (χ1n) is 0.571. The fourth-order valence-electron chi connectivity index (χ4n) is 0. The van der Waals surface area contributed by atoms with Gasteiger partial charge in [0.05, 0.1) is 0 Å². The van der Waals surface area contributed by atoms with Gasteiger partial charge in [-0.25, -0.2) is 0 Å². The molecule has 0 unspecified atom stereocenters. The topological polar surface area (TPSA) is 0 Å². The van der Waals surface area contributed by atoms with Crippen LogP contribution in [0.2, 0.25) is 0 Å². The van der Waals surface area contributed by atoms with Crippen molar-refractivity contribution in [1.82, 2.24) is 0 Å². The molecule has 0 amide bonds. The summed E-state index contributed by atoms with van der Waals surface area (Å²) >= 11 is -3.05. The minimum absolute atomic E-state index is 0. The first-order chi connectivity index (χ1) is 2.00. The third-order valence-corrected chi connectivity index (χ3v) is 0. The molecule has 0 fully saturated rings. The molecule has 0 spiro atoms. The van der Waals surface area contributed by atoms with Gasteiger partial charge < -0.3 is 0 Å². The second-order valence-corrected chi connectivity index (χ2v) is 19.6. The van der Waals surface area contributed by atoms with E-state index in [9.17, 15) is 0 Å². The van der Waals surface area contributed by atoms with E-state index in [4.69, 9.17) is 35.6 Å². The van der Waals surface area contributed by atoms with Crippen LogP contribution in [0.1, 0.15) is 7.43 Å². The number of rotatable bonds is 0. The predicted octanol–water partition coefficient (Wildman–Crippen LogP) is 0.398. The predicted molar refractivity (Wildman–Crippen MR) is 30.1 cm³/mol. The van der Waals surface area contributed by atoms with Gasteiger partial charge in [-0.3, -0.25) is 0 Å². The molecular formula is CH4Cl4I-. The zero-order chi connectivity index (χ0) is 4.50. The molecule has 0 bridgehead atoms. The summed E-state index contributed by atoms with van der Waals surface area (Å²) in [5.41, 5.74) is 0. The Hall–Kier alpha value is 1.89. The zero-order valence-electron chi connectivity index (χ0n) is 1.89. The summed E-state index contributed by atoms with van der Waals surface area (Å²) in [4.78, 5) is 0. The van der Waals surface area contributed by atoms with Crippen LogP contribution in [0.25, 0.3) is 0 Å². The van der Waals surface area contributed by atoms with Crippen molar-refractivity contribution in [3.8, 4) is 0 Å². The van der Waals surface area contributed by atoms with E-state index in [1.807, 2.05) is 0 Å². The van der Waals surface area contributed by atoms with Gasteiger partial charge in [0.1, 0.15) is 0 Å². The van der Waals surface area contributed by atoms with Crippen LogP contribution in [0.4, 0.5) is 0 Å². The Morgan fingerprint density at radius 3 is 0.833 bits per heavy atom. The van der Waals surface area contributed by atoms with Crippen LogP contribution in [0.5, 0.6) is 0 Å². The van der Waals surface area contributed by atoms with Crippen molar-refractivity contribution in [3.05, 3.63) is 0 Å². The van der Waals surface area contributed by atoms with E-state index in [0.717, 1.165) is 0 Å². The van der Waals surface area contributed by atoms with Gasteiger partial charge in [-0.1, -0.05) is 7.43 Å². The van der Waals surface area contributed by atoms with Crippen molar-refractivity contribution in [3.63, 3.8) is 0 Å². The fraction of sp³-hybridized carbons (Fsp3) is 1.00. The molecule has 0 aromatic heterocycles. The third kappa shape index (κ3) is 39.4. The first kappa shape index (κ1) is 10.8. The SMILES string of the molecule is C.Cl[I-](Cl)(Cl)Cl. The Bertz CT molecular complexity index is 23.0. The molecule has 0 saturated carbocycles. The molecule has 0 aliphatic rings. The Morgan fingerprint density at radius 2 is 0.833 bits per heavy atom. The van der Waals surface area contributed by atoms with Gasteiger partial charge >= 0.3 is 49.6 Å². The molecule has 0 aliphatic heterocycles. The standard InChI is InChI=1S/CH4.Cl4I/c;1-5(2,3)4/h1H4;/q;-1. The molecule has 6 heavy (non-hydrogen) atoms. The van der Waals surface area contributed by atoms with Crippen molar-refractivity contribution in [1.29, 1.82) is 0 Å². The van der Waals surface area contributed by atoms with Gasteiger partial charge in [0.15, 0.2) is 0 Å². The molecule has 0 aromatic rings. The summed E-state index contributed by atoms with van der Waals surface area (Å²) in [7, 11) is 20.0. The summed E-state index contributed by atoms with van der Waals surface area (Å²) in [6, 6.07) is 0. The van der Waals surface area contributed by atoms with Gasteiger partial charge in [-0.2, -0.15) is 0 Å². The summed E-state index contributed by atoms with van der Waals surface area (Å²) < 4.78 is 0. The van der Waals surface area contributed by atoms with E-state index in [0.29, 0.717) is 0 Å². The van der Waals surface area contributed by atoms with Gasteiger partial charge in [-0.05, 0) is 0 Å². The molecule has 0 radical (unpaired) electrons. The van der Waals surface area contributed by atoms with E-state index in [-0.39, 0.29) is 7.43 Å². The summed E-state index contributed by atoms with van der Waals surface area (Å²) in [5, 5.41) is 0. The Kier molecular flexibility index (Phi) is 6.91. The monoisotopic (exact) mass is 283 g/mol. The second kappa shape index (κ2) is 3.84. The second-order valence-electron chi connectivity index (χ2n) is 0.324. The van der Waals surface area contributed by atoms with Crippen molar-refractivity contribution in [2.24, 2.45) is 0 Å². The van der Waals surface area contributed by atoms with Crippen LogP contribution in [0.15, 0.2) is 0 Å². The molecule has 0 saturated heterocycles. The minimum atomic E-state index is -3.05. The first-order valence-corrected chi connectivity index (χ1v) is 11.5. The summed E-state index contributed by atoms with van der Waals surface area (Å²) in [6.45, 7) is 0. The van der Waals surface area contributed by atoms with Gasteiger partial charge in [0, 0.05) is 0 Å². The average molecular weight is 285 g/mol. The maximum absolute atomic E-state index is 5.01. The summed E-state index contributed by atoms with van der Waals surface area (Å²) in [5.74, 6) is 0. The van der Waals surface area contributed by atoms with Gasteiger partial charge in [0.2, 0.25) is 0 Å². The van der Waals surface area contributed by atoms with Gasteiger partial charge in [-0.15, -0.1) is 0 Å².